The van der Waals surface area contributed by atoms with Crippen LogP contribution < -0.4 is 0 Å². The molecule has 0 spiro atoms. The van der Waals surface area contributed by atoms with Crippen molar-refractivity contribution in [1.82, 2.24) is 0 Å². The molecule has 0 amide bonds. The zero-order valence-electron chi connectivity index (χ0n) is 7.20. The van der Waals surface area contributed by atoms with Crippen LogP contribution in [0.5, 0.6) is 0 Å². The van der Waals surface area contributed by atoms with Crippen LogP contribution in [-0.2, 0) is 6.42 Å². The summed E-state index contributed by atoms with van der Waals surface area (Å²) in [4.78, 5) is 0. The Morgan fingerprint density at radius 2 is 2.08 bits per heavy atom. The van der Waals surface area contributed by atoms with E-state index in [0.29, 0.717) is 5.02 Å². The largest absolute Gasteiger partial charge is 0.207 e. The molecule has 1 aromatic rings. The van der Waals surface area contributed by atoms with Gasteiger partial charge < -0.3 is 0 Å². The number of hydrogen-bond acceptors (Lipinski definition) is 0. The highest BCUT2D eigenvalue weighted by atomic mass is 35.5. The van der Waals surface area contributed by atoms with Crippen LogP contribution in [0.1, 0.15) is 19.4 Å². The van der Waals surface area contributed by atoms with Gasteiger partial charge in [-0.3, -0.25) is 0 Å². The van der Waals surface area contributed by atoms with Crippen LogP contribution in [0, 0.1) is 11.7 Å². The van der Waals surface area contributed by atoms with Crippen LogP contribution in [0.3, 0.4) is 0 Å². The first-order valence-corrected chi connectivity index (χ1v) is 4.20. The summed E-state index contributed by atoms with van der Waals surface area (Å²) in [6.07, 6.45) is 0.819. The van der Waals surface area contributed by atoms with Crippen LogP contribution in [-0.4, -0.2) is 0 Å². The molecule has 12 heavy (non-hydrogen) atoms. The first-order chi connectivity index (χ1) is 5.59. The van der Waals surface area contributed by atoms with Crippen molar-refractivity contribution in [2.75, 3.05) is 0 Å². The number of benzene rings is 1. The molecule has 0 aliphatic carbocycles. The Hall–Kier alpha value is -0.560. The van der Waals surface area contributed by atoms with E-state index in [2.05, 4.69) is 0 Å². The van der Waals surface area contributed by atoms with E-state index in [1.165, 1.54) is 18.1 Å². The molecule has 0 fully saturated rings. The van der Waals surface area contributed by atoms with E-state index in [1.807, 2.05) is 13.8 Å². The third-order valence-corrected chi connectivity index (χ3v) is 1.91. The molecule has 0 aliphatic heterocycles. The predicted molar refractivity (Wildman–Crippen MR) is 49.7 cm³/mol. The minimum atomic E-state index is -0.280. The molecule has 0 nitrogen and oxygen atoms in total. The molecule has 1 radical (unpaired) electrons. The lowest BCUT2D eigenvalue weighted by atomic mass is 10.0. The molecule has 0 atom stereocenters. The highest BCUT2D eigenvalue weighted by molar-refractivity contribution is 6.31. The van der Waals surface area contributed by atoms with E-state index in [4.69, 9.17) is 11.6 Å². The first-order valence-electron chi connectivity index (χ1n) is 3.82. The van der Waals surface area contributed by atoms with Gasteiger partial charge in [0, 0.05) is 5.02 Å². The maximum atomic E-state index is 12.6. The predicted octanol–water partition coefficient (Wildman–Crippen LogP) is 3.64. The van der Waals surface area contributed by atoms with Crippen molar-refractivity contribution < 1.29 is 4.39 Å². The number of rotatable bonds is 2. The van der Waals surface area contributed by atoms with Gasteiger partial charge in [0.1, 0.15) is 5.82 Å². The Labute approximate surface area is 77.4 Å². The fourth-order valence-electron chi connectivity index (χ4n) is 1.05. The summed E-state index contributed by atoms with van der Waals surface area (Å²) in [5, 5.41) is 0.510. The van der Waals surface area contributed by atoms with E-state index >= 15 is 0 Å². The Kier molecular flexibility index (Phi) is 3.10. The highest BCUT2D eigenvalue weighted by Gasteiger charge is 2.03. The lowest BCUT2D eigenvalue weighted by Crippen LogP contribution is -1.93. The van der Waals surface area contributed by atoms with Crippen molar-refractivity contribution in [2.24, 2.45) is 0 Å². The summed E-state index contributed by atoms with van der Waals surface area (Å²) in [5.41, 5.74) is 0.984. The van der Waals surface area contributed by atoms with Crippen LogP contribution in [0.25, 0.3) is 0 Å². The third kappa shape index (κ3) is 2.49. The first kappa shape index (κ1) is 9.53. The Morgan fingerprint density at radius 1 is 1.42 bits per heavy atom. The van der Waals surface area contributed by atoms with Crippen LogP contribution >= 0.6 is 11.6 Å². The number of hydrogen-bond donors (Lipinski definition) is 0. The summed E-state index contributed by atoms with van der Waals surface area (Å²) in [6, 6.07) is 4.51. The average molecular weight is 186 g/mol. The molecule has 0 unspecified atom stereocenters. The lowest BCUT2D eigenvalue weighted by Gasteiger charge is -2.05. The van der Waals surface area contributed by atoms with Gasteiger partial charge in [0.2, 0.25) is 0 Å². The summed E-state index contributed by atoms with van der Waals surface area (Å²) < 4.78 is 12.6. The van der Waals surface area contributed by atoms with Gasteiger partial charge in [0.15, 0.2) is 0 Å². The van der Waals surface area contributed by atoms with E-state index in [-0.39, 0.29) is 5.82 Å². The zero-order valence-corrected chi connectivity index (χ0v) is 7.95. The molecular weight excluding hydrogens is 175 g/mol. The van der Waals surface area contributed by atoms with Crippen molar-refractivity contribution in [2.45, 2.75) is 20.3 Å². The molecule has 0 N–H and O–H groups in total. The highest BCUT2D eigenvalue weighted by Crippen LogP contribution is 2.20. The minimum Gasteiger partial charge on any atom is -0.207 e. The molecule has 0 aromatic heterocycles. The summed E-state index contributed by atoms with van der Waals surface area (Å²) in [6.45, 7) is 4.05. The Bertz CT molecular complexity index is 269. The Balaban J connectivity index is 2.86. The van der Waals surface area contributed by atoms with Crippen molar-refractivity contribution in [3.8, 4) is 0 Å². The maximum Gasteiger partial charge on any atom is 0.124 e. The lowest BCUT2D eigenvalue weighted by molar-refractivity contribution is 0.627. The molecule has 0 heterocycles. The van der Waals surface area contributed by atoms with E-state index in [9.17, 15) is 4.39 Å². The molecular formula is C10H11ClF. The van der Waals surface area contributed by atoms with Crippen LogP contribution in [0.2, 0.25) is 5.02 Å². The van der Waals surface area contributed by atoms with Crippen molar-refractivity contribution >= 4 is 11.6 Å². The van der Waals surface area contributed by atoms with Crippen molar-refractivity contribution in [3.63, 3.8) is 0 Å². The topological polar surface area (TPSA) is 0 Å². The van der Waals surface area contributed by atoms with E-state index < -0.39 is 0 Å². The van der Waals surface area contributed by atoms with Gasteiger partial charge in [-0.25, -0.2) is 4.39 Å². The van der Waals surface area contributed by atoms with Crippen molar-refractivity contribution in [3.05, 3.63) is 40.5 Å². The normalized spacial score (nSPS) is 10.8. The molecule has 1 rings (SSSR count). The van der Waals surface area contributed by atoms with Gasteiger partial charge in [0.05, 0.1) is 0 Å². The minimum absolute atomic E-state index is 0.280. The van der Waals surface area contributed by atoms with Gasteiger partial charge in [-0.1, -0.05) is 31.5 Å². The average Bonchev–Trinajstić information content (AvgIpc) is 1.94. The van der Waals surface area contributed by atoms with Gasteiger partial charge in [0.25, 0.3) is 0 Å². The second-order valence-corrected chi connectivity index (χ2v) is 3.53. The second kappa shape index (κ2) is 3.90. The third-order valence-electron chi connectivity index (χ3n) is 1.56. The van der Waals surface area contributed by atoms with Gasteiger partial charge in [-0.05, 0) is 30.0 Å². The molecule has 0 aliphatic rings. The standard InChI is InChI=1S/C10H11ClF/c1-7(2)5-8-3-4-9(12)6-10(8)11/h3-4,6H,5H2,1-2H3. The fourth-order valence-corrected chi connectivity index (χ4v) is 1.28. The summed E-state index contributed by atoms with van der Waals surface area (Å²) in [7, 11) is 0. The maximum absolute atomic E-state index is 12.6. The molecule has 0 saturated heterocycles. The molecule has 0 bridgehead atoms. The monoisotopic (exact) mass is 185 g/mol. The van der Waals surface area contributed by atoms with Crippen LogP contribution in [0.15, 0.2) is 18.2 Å². The Morgan fingerprint density at radius 3 is 2.58 bits per heavy atom. The summed E-state index contributed by atoms with van der Waals surface area (Å²) >= 11 is 5.82. The van der Waals surface area contributed by atoms with Gasteiger partial charge in [-0.15, -0.1) is 0 Å². The molecule has 2 heteroatoms. The fraction of sp³-hybridized carbons (Fsp3) is 0.300. The van der Waals surface area contributed by atoms with E-state index in [0.717, 1.165) is 12.0 Å². The van der Waals surface area contributed by atoms with E-state index in [1.54, 1.807) is 6.07 Å². The van der Waals surface area contributed by atoms with Gasteiger partial charge >= 0.3 is 0 Å². The second-order valence-electron chi connectivity index (χ2n) is 3.12. The zero-order chi connectivity index (χ0) is 9.14. The molecule has 0 saturated carbocycles. The SMILES string of the molecule is C[C](C)Cc1ccc(F)cc1Cl. The smallest absolute Gasteiger partial charge is 0.124 e. The summed E-state index contributed by atoms with van der Waals surface area (Å²) in [5.74, 6) is 0.987. The van der Waals surface area contributed by atoms with Gasteiger partial charge in [-0.2, -0.15) is 0 Å². The molecule has 1 aromatic carbocycles. The quantitative estimate of drug-likeness (QED) is 0.660. The van der Waals surface area contributed by atoms with Crippen molar-refractivity contribution in [1.29, 1.82) is 0 Å². The molecule has 65 valence electrons. The number of halogens is 2. The van der Waals surface area contributed by atoms with Crippen LogP contribution in [0.4, 0.5) is 4.39 Å².